The molecule has 2 aromatic rings. The zero-order valence-corrected chi connectivity index (χ0v) is 10.1. The number of carbonyl (C=O) groups is 1. The van der Waals surface area contributed by atoms with E-state index in [1.807, 2.05) is 43.3 Å². The molecule has 92 valence electrons. The topological polar surface area (TPSA) is 51.2 Å². The van der Waals surface area contributed by atoms with Crippen molar-refractivity contribution in [1.82, 2.24) is 4.98 Å². The first-order valence-corrected chi connectivity index (χ1v) is 5.64. The normalized spacial score (nSPS) is 9.83. The monoisotopic (exact) mass is 242 g/mol. The lowest BCUT2D eigenvalue weighted by atomic mass is 10.2. The summed E-state index contributed by atoms with van der Waals surface area (Å²) in [6.45, 7) is 2.13. The van der Waals surface area contributed by atoms with Gasteiger partial charge in [-0.1, -0.05) is 18.2 Å². The summed E-state index contributed by atoms with van der Waals surface area (Å²) in [5.41, 5.74) is 2.52. The van der Waals surface area contributed by atoms with Gasteiger partial charge in [-0.05, 0) is 36.8 Å². The SMILES string of the molecule is Cc1cccc(NC(=O)OCc2ccccn2)c1. The summed E-state index contributed by atoms with van der Waals surface area (Å²) in [7, 11) is 0. The van der Waals surface area contributed by atoms with Crippen LogP contribution < -0.4 is 5.32 Å². The molecule has 0 aliphatic rings. The third-order valence-corrected chi connectivity index (χ3v) is 2.34. The van der Waals surface area contributed by atoms with E-state index in [2.05, 4.69) is 10.3 Å². The van der Waals surface area contributed by atoms with E-state index in [4.69, 9.17) is 4.74 Å². The van der Waals surface area contributed by atoms with Crippen LogP contribution in [0.5, 0.6) is 0 Å². The van der Waals surface area contributed by atoms with Gasteiger partial charge in [-0.15, -0.1) is 0 Å². The Morgan fingerprint density at radius 1 is 1.28 bits per heavy atom. The molecule has 0 spiro atoms. The maximum absolute atomic E-state index is 11.5. The lowest BCUT2D eigenvalue weighted by molar-refractivity contribution is 0.153. The van der Waals surface area contributed by atoms with Crippen LogP contribution in [0.2, 0.25) is 0 Å². The van der Waals surface area contributed by atoms with E-state index >= 15 is 0 Å². The van der Waals surface area contributed by atoms with Crippen molar-refractivity contribution >= 4 is 11.8 Å². The average molecular weight is 242 g/mol. The number of anilines is 1. The number of carbonyl (C=O) groups excluding carboxylic acids is 1. The fourth-order valence-corrected chi connectivity index (χ4v) is 1.50. The molecule has 2 rings (SSSR count). The predicted molar refractivity (Wildman–Crippen MR) is 69.2 cm³/mol. The highest BCUT2D eigenvalue weighted by molar-refractivity contribution is 5.84. The minimum atomic E-state index is -0.480. The van der Waals surface area contributed by atoms with Gasteiger partial charge in [0.1, 0.15) is 6.61 Å². The smallest absolute Gasteiger partial charge is 0.412 e. The molecule has 1 aromatic carbocycles. The number of ether oxygens (including phenoxy) is 1. The summed E-state index contributed by atoms with van der Waals surface area (Å²) in [5, 5.41) is 2.66. The molecule has 0 aliphatic heterocycles. The first kappa shape index (κ1) is 12.1. The van der Waals surface area contributed by atoms with Gasteiger partial charge in [-0.2, -0.15) is 0 Å². The zero-order valence-electron chi connectivity index (χ0n) is 10.1. The van der Waals surface area contributed by atoms with E-state index in [9.17, 15) is 4.79 Å². The number of rotatable bonds is 3. The Kier molecular flexibility index (Phi) is 3.91. The molecule has 1 N–H and O–H groups in total. The molecule has 1 amide bonds. The fourth-order valence-electron chi connectivity index (χ4n) is 1.50. The third-order valence-electron chi connectivity index (χ3n) is 2.34. The highest BCUT2D eigenvalue weighted by Crippen LogP contribution is 2.10. The van der Waals surface area contributed by atoms with Crippen LogP contribution in [0.15, 0.2) is 48.7 Å². The third kappa shape index (κ3) is 3.59. The minimum absolute atomic E-state index is 0.165. The van der Waals surface area contributed by atoms with Crippen molar-refractivity contribution in [2.24, 2.45) is 0 Å². The van der Waals surface area contributed by atoms with Crippen molar-refractivity contribution < 1.29 is 9.53 Å². The van der Waals surface area contributed by atoms with Crippen molar-refractivity contribution in [2.45, 2.75) is 13.5 Å². The molecular formula is C14H14N2O2. The van der Waals surface area contributed by atoms with Gasteiger partial charge in [-0.3, -0.25) is 10.3 Å². The number of nitrogens with one attached hydrogen (secondary N) is 1. The van der Waals surface area contributed by atoms with Crippen LogP contribution in [0.25, 0.3) is 0 Å². The summed E-state index contributed by atoms with van der Waals surface area (Å²) < 4.78 is 5.06. The largest absolute Gasteiger partial charge is 0.443 e. The molecular weight excluding hydrogens is 228 g/mol. The van der Waals surface area contributed by atoms with Crippen LogP contribution in [0.1, 0.15) is 11.3 Å². The Bertz CT molecular complexity index is 526. The summed E-state index contributed by atoms with van der Waals surface area (Å²) in [6.07, 6.45) is 1.18. The maximum Gasteiger partial charge on any atom is 0.412 e. The molecule has 1 heterocycles. The van der Waals surface area contributed by atoms with E-state index in [1.165, 1.54) is 0 Å². The average Bonchev–Trinajstić information content (AvgIpc) is 2.38. The van der Waals surface area contributed by atoms with Gasteiger partial charge < -0.3 is 4.74 Å². The molecule has 0 atom stereocenters. The number of amides is 1. The summed E-state index contributed by atoms with van der Waals surface area (Å²) in [4.78, 5) is 15.6. The quantitative estimate of drug-likeness (QED) is 0.899. The predicted octanol–water partition coefficient (Wildman–Crippen LogP) is 3.14. The molecule has 0 aliphatic carbocycles. The molecule has 0 unspecified atom stereocenters. The zero-order chi connectivity index (χ0) is 12.8. The van der Waals surface area contributed by atoms with E-state index in [-0.39, 0.29) is 6.61 Å². The standard InChI is InChI=1S/C14H14N2O2/c1-11-5-4-7-12(9-11)16-14(17)18-10-13-6-2-3-8-15-13/h2-9H,10H2,1H3,(H,16,17). The fraction of sp³-hybridized carbons (Fsp3) is 0.143. The van der Waals surface area contributed by atoms with Crippen LogP contribution in [-0.2, 0) is 11.3 Å². The van der Waals surface area contributed by atoms with Gasteiger partial charge in [0.15, 0.2) is 0 Å². The van der Waals surface area contributed by atoms with E-state index in [1.54, 1.807) is 12.3 Å². The molecule has 0 fully saturated rings. The van der Waals surface area contributed by atoms with E-state index in [0.29, 0.717) is 0 Å². The van der Waals surface area contributed by atoms with Crippen LogP contribution >= 0.6 is 0 Å². The number of nitrogens with zero attached hydrogens (tertiary/aromatic N) is 1. The van der Waals surface area contributed by atoms with Crippen LogP contribution in [0, 0.1) is 6.92 Å². The summed E-state index contributed by atoms with van der Waals surface area (Å²) in [5.74, 6) is 0. The highest BCUT2D eigenvalue weighted by atomic mass is 16.5. The van der Waals surface area contributed by atoms with Gasteiger partial charge in [0.05, 0.1) is 5.69 Å². The molecule has 18 heavy (non-hydrogen) atoms. The molecule has 1 aromatic heterocycles. The second kappa shape index (κ2) is 5.82. The molecule has 4 heteroatoms. The van der Waals surface area contributed by atoms with Crippen molar-refractivity contribution in [3.63, 3.8) is 0 Å². The number of hydrogen-bond donors (Lipinski definition) is 1. The Morgan fingerprint density at radius 2 is 2.17 bits per heavy atom. The van der Waals surface area contributed by atoms with Crippen molar-refractivity contribution in [3.8, 4) is 0 Å². The van der Waals surface area contributed by atoms with Crippen LogP contribution in [-0.4, -0.2) is 11.1 Å². The van der Waals surface area contributed by atoms with Crippen LogP contribution in [0.4, 0.5) is 10.5 Å². The number of benzene rings is 1. The van der Waals surface area contributed by atoms with Crippen molar-refractivity contribution in [1.29, 1.82) is 0 Å². The van der Waals surface area contributed by atoms with Crippen molar-refractivity contribution in [3.05, 3.63) is 59.9 Å². The Morgan fingerprint density at radius 3 is 2.89 bits per heavy atom. The molecule has 0 saturated carbocycles. The first-order valence-electron chi connectivity index (χ1n) is 5.64. The Hall–Kier alpha value is -2.36. The van der Waals surface area contributed by atoms with Gasteiger partial charge in [0.2, 0.25) is 0 Å². The lowest BCUT2D eigenvalue weighted by Crippen LogP contribution is -2.13. The highest BCUT2D eigenvalue weighted by Gasteiger charge is 2.03. The second-order valence-electron chi connectivity index (χ2n) is 3.89. The van der Waals surface area contributed by atoms with Gasteiger partial charge >= 0.3 is 6.09 Å². The number of pyridine rings is 1. The lowest BCUT2D eigenvalue weighted by Gasteiger charge is -2.07. The van der Waals surface area contributed by atoms with Gasteiger partial charge in [0, 0.05) is 11.9 Å². The Labute approximate surface area is 106 Å². The minimum Gasteiger partial charge on any atom is -0.443 e. The number of aromatic nitrogens is 1. The second-order valence-corrected chi connectivity index (χ2v) is 3.89. The maximum atomic E-state index is 11.5. The molecule has 0 saturated heterocycles. The summed E-state index contributed by atoms with van der Waals surface area (Å²) >= 11 is 0. The number of aryl methyl sites for hydroxylation is 1. The van der Waals surface area contributed by atoms with Gasteiger partial charge in [-0.25, -0.2) is 4.79 Å². The summed E-state index contributed by atoms with van der Waals surface area (Å²) in [6, 6.07) is 13.0. The van der Waals surface area contributed by atoms with Crippen LogP contribution in [0.3, 0.4) is 0 Å². The Balaban J connectivity index is 1.86. The molecule has 0 radical (unpaired) electrons. The van der Waals surface area contributed by atoms with Gasteiger partial charge in [0.25, 0.3) is 0 Å². The molecule has 0 bridgehead atoms. The van der Waals surface area contributed by atoms with E-state index < -0.39 is 6.09 Å². The molecule has 4 nitrogen and oxygen atoms in total. The number of hydrogen-bond acceptors (Lipinski definition) is 3. The van der Waals surface area contributed by atoms with Crippen molar-refractivity contribution in [2.75, 3.05) is 5.32 Å². The van der Waals surface area contributed by atoms with E-state index in [0.717, 1.165) is 16.9 Å². The first-order chi connectivity index (χ1) is 8.74.